The molecule has 0 bridgehead atoms. The molecule has 0 radical (unpaired) electrons. The van der Waals surface area contributed by atoms with Crippen LogP contribution in [0.4, 0.5) is 0 Å². The van der Waals surface area contributed by atoms with E-state index in [1.54, 1.807) is 0 Å². The van der Waals surface area contributed by atoms with Gasteiger partial charge in [-0.1, -0.05) is 24.3 Å². The first kappa shape index (κ1) is 8.62. The lowest BCUT2D eigenvalue weighted by atomic mass is 10.1. The average Bonchev–Trinajstić information content (AvgIpc) is 2.59. The van der Waals surface area contributed by atoms with Crippen LogP contribution in [0.5, 0.6) is 0 Å². The average molecular weight is 207 g/mol. The highest BCUT2D eigenvalue weighted by Crippen LogP contribution is 2.35. The van der Waals surface area contributed by atoms with Gasteiger partial charge in [-0.05, 0) is 17.5 Å². The van der Waals surface area contributed by atoms with Gasteiger partial charge >= 0.3 is 0 Å². The maximum Gasteiger partial charge on any atom is 0.0583 e. The van der Waals surface area contributed by atoms with Gasteiger partial charge in [0.05, 0.1) is 5.25 Å². The number of hydrogen-bond donors (Lipinski definition) is 1. The van der Waals surface area contributed by atoms with E-state index in [4.69, 9.17) is 0 Å². The summed E-state index contributed by atoms with van der Waals surface area (Å²) in [6.45, 7) is 0.891. The van der Waals surface area contributed by atoms with E-state index in [2.05, 4.69) is 29.6 Å². The van der Waals surface area contributed by atoms with E-state index in [0.717, 1.165) is 18.7 Å². The summed E-state index contributed by atoms with van der Waals surface area (Å²) in [5.41, 5.74) is 2.75. The number of hydrogen-bond acceptors (Lipinski definition) is 2. The van der Waals surface area contributed by atoms with Crippen LogP contribution in [0, 0.1) is 0 Å². The van der Waals surface area contributed by atoms with Crippen LogP contribution in [0.15, 0.2) is 24.3 Å². The van der Waals surface area contributed by atoms with Crippen molar-refractivity contribution in [1.82, 2.24) is 5.32 Å². The van der Waals surface area contributed by atoms with Crippen molar-refractivity contribution in [2.24, 2.45) is 0 Å². The molecule has 14 heavy (non-hydrogen) atoms. The van der Waals surface area contributed by atoms with Crippen molar-refractivity contribution < 1.29 is 4.21 Å². The zero-order valence-corrected chi connectivity index (χ0v) is 8.72. The quantitative estimate of drug-likeness (QED) is 0.688. The lowest BCUT2D eigenvalue weighted by Gasteiger charge is -2.26. The Balaban J connectivity index is 2.04. The van der Waals surface area contributed by atoms with Crippen LogP contribution < -0.4 is 5.32 Å². The molecule has 3 unspecified atom stereocenters. The summed E-state index contributed by atoms with van der Waals surface area (Å²) >= 11 is 0. The SMILES string of the molecule is O=S1CCNC2c3ccccc3CC21. The molecule has 2 nitrogen and oxygen atoms in total. The van der Waals surface area contributed by atoms with E-state index >= 15 is 0 Å². The van der Waals surface area contributed by atoms with Gasteiger partial charge in [0.2, 0.25) is 0 Å². The Kier molecular flexibility index (Phi) is 1.96. The summed E-state index contributed by atoms with van der Waals surface area (Å²) in [5, 5.41) is 3.80. The molecule has 1 aromatic carbocycles. The minimum atomic E-state index is -0.634. The molecule has 1 N–H and O–H groups in total. The van der Waals surface area contributed by atoms with E-state index in [9.17, 15) is 4.21 Å². The molecule has 1 aliphatic carbocycles. The molecular formula is C11H13NOS. The second-order valence-corrected chi connectivity index (χ2v) is 5.73. The van der Waals surface area contributed by atoms with E-state index < -0.39 is 10.8 Å². The number of rotatable bonds is 0. The predicted molar refractivity (Wildman–Crippen MR) is 57.7 cm³/mol. The molecule has 0 amide bonds. The fourth-order valence-corrected chi connectivity index (χ4v) is 4.04. The molecule has 1 aromatic rings. The highest BCUT2D eigenvalue weighted by Gasteiger charge is 2.37. The molecule has 74 valence electrons. The summed E-state index contributed by atoms with van der Waals surface area (Å²) in [5.74, 6) is 0.815. The van der Waals surface area contributed by atoms with Gasteiger partial charge in [0.1, 0.15) is 0 Å². The van der Waals surface area contributed by atoms with Gasteiger partial charge in [-0.3, -0.25) is 4.21 Å². The minimum Gasteiger partial charge on any atom is -0.308 e. The maximum atomic E-state index is 11.8. The lowest BCUT2D eigenvalue weighted by Crippen LogP contribution is -2.41. The van der Waals surface area contributed by atoms with Crippen molar-refractivity contribution >= 4 is 10.8 Å². The molecule has 3 rings (SSSR count). The van der Waals surface area contributed by atoms with Crippen molar-refractivity contribution in [1.29, 1.82) is 0 Å². The Labute approximate surface area is 86.2 Å². The maximum absolute atomic E-state index is 11.8. The largest absolute Gasteiger partial charge is 0.308 e. The Hall–Kier alpha value is -0.670. The zero-order valence-electron chi connectivity index (χ0n) is 7.90. The molecule has 3 heteroatoms. The summed E-state index contributed by atoms with van der Waals surface area (Å²) in [6, 6.07) is 8.81. The monoisotopic (exact) mass is 207 g/mol. The second-order valence-electron chi connectivity index (χ2n) is 3.96. The molecule has 1 fully saturated rings. The van der Waals surface area contributed by atoms with Gasteiger partial charge in [0, 0.05) is 29.1 Å². The van der Waals surface area contributed by atoms with Crippen molar-refractivity contribution in [3.63, 3.8) is 0 Å². The van der Waals surface area contributed by atoms with Gasteiger partial charge in [-0.15, -0.1) is 0 Å². The van der Waals surface area contributed by atoms with Crippen LogP contribution in [0.1, 0.15) is 17.2 Å². The summed E-state index contributed by atoms with van der Waals surface area (Å²) in [6.07, 6.45) is 0.987. The van der Waals surface area contributed by atoms with E-state index in [-0.39, 0.29) is 0 Å². The lowest BCUT2D eigenvalue weighted by molar-refractivity contribution is 0.524. The zero-order chi connectivity index (χ0) is 9.54. The van der Waals surface area contributed by atoms with Gasteiger partial charge in [-0.2, -0.15) is 0 Å². The molecule has 1 heterocycles. The fourth-order valence-electron chi connectivity index (χ4n) is 2.51. The first-order chi connectivity index (χ1) is 6.86. The first-order valence-corrected chi connectivity index (χ1v) is 6.43. The molecule has 0 spiro atoms. The van der Waals surface area contributed by atoms with Crippen LogP contribution in [0.2, 0.25) is 0 Å². The third-order valence-electron chi connectivity index (χ3n) is 3.19. The molecular weight excluding hydrogens is 194 g/mol. The van der Waals surface area contributed by atoms with Crippen LogP contribution in [0.25, 0.3) is 0 Å². The third kappa shape index (κ3) is 1.16. The van der Waals surface area contributed by atoms with Gasteiger partial charge in [0.15, 0.2) is 0 Å². The summed E-state index contributed by atoms with van der Waals surface area (Å²) in [4.78, 5) is 0. The smallest absolute Gasteiger partial charge is 0.0583 e. The summed E-state index contributed by atoms with van der Waals surface area (Å²) in [7, 11) is -0.634. The Morgan fingerprint density at radius 3 is 3.14 bits per heavy atom. The first-order valence-electron chi connectivity index (χ1n) is 5.04. The van der Waals surface area contributed by atoms with Gasteiger partial charge < -0.3 is 5.32 Å². The fraction of sp³-hybridized carbons (Fsp3) is 0.455. The highest BCUT2D eigenvalue weighted by molar-refractivity contribution is 7.85. The topological polar surface area (TPSA) is 29.1 Å². The third-order valence-corrected chi connectivity index (χ3v) is 4.91. The van der Waals surface area contributed by atoms with Crippen LogP contribution in [-0.2, 0) is 17.2 Å². The molecule has 2 aliphatic rings. The van der Waals surface area contributed by atoms with Crippen LogP contribution in [-0.4, -0.2) is 21.8 Å². The highest BCUT2D eigenvalue weighted by atomic mass is 32.2. The number of fused-ring (bicyclic) bond motifs is 3. The molecule has 1 saturated heterocycles. The van der Waals surface area contributed by atoms with Crippen molar-refractivity contribution in [3.8, 4) is 0 Å². The van der Waals surface area contributed by atoms with Crippen molar-refractivity contribution in [3.05, 3.63) is 35.4 Å². The normalized spacial score (nSPS) is 35.0. The second kappa shape index (κ2) is 3.17. The summed E-state index contributed by atoms with van der Waals surface area (Å²) < 4.78 is 11.8. The van der Waals surface area contributed by atoms with Crippen LogP contribution in [0.3, 0.4) is 0 Å². The van der Waals surface area contributed by atoms with E-state index in [0.29, 0.717) is 11.3 Å². The van der Waals surface area contributed by atoms with Crippen molar-refractivity contribution in [2.45, 2.75) is 17.7 Å². The van der Waals surface area contributed by atoms with E-state index in [1.165, 1.54) is 11.1 Å². The molecule has 0 saturated carbocycles. The Morgan fingerprint density at radius 2 is 2.21 bits per heavy atom. The van der Waals surface area contributed by atoms with Gasteiger partial charge in [0.25, 0.3) is 0 Å². The Morgan fingerprint density at radius 1 is 1.36 bits per heavy atom. The van der Waals surface area contributed by atoms with Gasteiger partial charge in [-0.25, -0.2) is 0 Å². The van der Waals surface area contributed by atoms with Crippen molar-refractivity contribution in [2.75, 3.05) is 12.3 Å². The molecule has 0 aromatic heterocycles. The van der Waals surface area contributed by atoms with E-state index in [1.807, 2.05) is 0 Å². The van der Waals surface area contributed by atoms with Crippen LogP contribution >= 0.6 is 0 Å². The predicted octanol–water partition coefficient (Wildman–Crippen LogP) is 1.00. The molecule has 3 atom stereocenters. The minimum absolute atomic E-state index is 0.321. The number of nitrogens with one attached hydrogen (secondary N) is 1. The molecule has 1 aliphatic heterocycles. The Bertz CT molecular complexity index is 391. The standard InChI is InChI=1S/C11H13NOS/c13-14-6-5-12-11-9-4-2-1-3-8(9)7-10(11)14/h1-4,10-12H,5-7H2. The number of benzene rings is 1.